The van der Waals surface area contributed by atoms with Crippen LogP contribution in [0.5, 0.6) is 0 Å². The van der Waals surface area contributed by atoms with Gasteiger partial charge in [-0.25, -0.2) is 18.4 Å². The first-order chi connectivity index (χ1) is 14.4. The molecule has 11 heteroatoms. The lowest BCUT2D eigenvalue weighted by Crippen LogP contribution is -2.30. The smallest absolute Gasteiger partial charge is 0.244 e. The molecule has 0 amide bonds. The Morgan fingerprint density at radius 3 is 2.53 bits per heavy atom. The third kappa shape index (κ3) is 5.33. The first-order valence-corrected chi connectivity index (χ1v) is 11.8. The predicted molar refractivity (Wildman–Crippen MR) is 122 cm³/mol. The van der Waals surface area contributed by atoms with E-state index in [2.05, 4.69) is 25.8 Å². The number of nitrogens with zero attached hydrogens (tertiary/aromatic N) is 4. The molecule has 3 rings (SSSR count). The summed E-state index contributed by atoms with van der Waals surface area (Å²) in [5.74, 6) is 0.410. The van der Waals surface area contributed by atoms with Gasteiger partial charge in [0.2, 0.25) is 10.0 Å². The molecule has 3 aromatic rings. The highest BCUT2D eigenvalue weighted by Crippen LogP contribution is 2.28. The van der Waals surface area contributed by atoms with E-state index in [0.717, 1.165) is 5.69 Å². The maximum atomic E-state index is 12.5. The van der Waals surface area contributed by atoms with Crippen molar-refractivity contribution in [3.63, 3.8) is 0 Å². The Balaban J connectivity index is 1.64. The Labute approximate surface area is 184 Å². The number of rotatable bonds is 9. The number of benzene rings is 1. The van der Waals surface area contributed by atoms with Gasteiger partial charge in [-0.05, 0) is 24.3 Å². The van der Waals surface area contributed by atoms with Crippen molar-refractivity contribution in [2.24, 2.45) is 5.10 Å². The molecule has 0 fully saturated rings. The highest BCUT2D eigenvalue weighted by Gasteiger charge is 2.21. The summed E-state index contributed by atoms with van der Waals surface area (Å²) >= 11 is 7.53. The third-order valence-electron chi connectivity index (χ3n) is 4.08. The van der Waals surface area contributed by atoms with Crippen molar-refractivity contribution in [3.8, 4) is 0 Å². The van der Waals surface area contributed by atoms with Gasteiger partial charge in [-0.15, -0.1) is 0 Å². The number of pyridine rings is 1. The van der Waals surface area contributed by atoms with Crippen molar-refractivity contribution < 1.29 is 8.42 Å². The van der Waals surface area contributed by atoms with E-state index in [4.69, 9.17) is 11.6 Å². The van der Waals surface area contributed by atoms with Crippen LogP contribution in [0.15, 0.2) is 58.7 Å². The number of hydrogen-bond donors (Lipinski definition) is 2. The highest BCUT2D eigenvalue weighted by molar-refractivity contribution is 7.89. The summed E-state index contributed by atoms with van der Waals surface area (Å²) in [6, 6.07) is 12.7. The van der Waals surface area contributed by atoms with Crippen molar-refractivity contribution in [3.05, 3.63) is 58.7 Å². The average molecular weight is 465 g/mol. The van der Waals surface area contributed by atoms with Gasteiger partial charge in [0.1, 0.15) is 10.7 Å². The predicted octanol–water partition coefficient (Wildman–Crippen LogP) is 4.41. The van der Waals surface area contributed by atoms with Crippen LogP contribution in [0.4, 0.5) is 16.6 Å². The standard InChI is InChI=1S/C19H21ClN6O2S2/c1-3-26(4-2)30(27,28)15-10-11-17(21-12-15)25-22-13-16-18(20)24-19(29-16)23-14-8-6-5-7-9-14/h5-13H,3-4H2,1-2H3,(H,21,25)(H,23,24)/b22-13+. The number of anilines is 3. The van der Waals surface area contributed by atoms with E-state index in [0.29, 0.717) is 34.1 Å². The molecule has 0 spiro atoms. The molecule has 0 unspecified atom stereocenters. The number of thiazole rings is 1. The Hall–Kier alpha value is -2.53. The molecule has 0 atom stereocenters. The molecule has 0 aliphatic heterocycles. The monoisotopic (exact) mass is 464 g/mol. The molecule has 8 nitrogen and oxygen atoms in total. The van der Waals surface area contributed by atoms with Gasteiger partial charge in [0.15, 0.2) is 10.3 Å². The van der Waals surface area contributed by atoms with Crippen LogP contribution in [-0.2, 0) is 10.0 Å². The number of halogens is 1. The van der Waals surface area contributed by atoms with Crippen LogP contribution in [0, 0.1) is 0 Å². The molecule has 2 aromatic heterocycles. The Kier molecular flexibility index (Phi) is 7.38. The largest absolute Gasteiger partial charge is 0.331 e. The molecule has 0 saturated carbocycles. The molecule has 0 aliphatic rings. The van der Waals surface area contributed by atoms with E-state index in [1.54, 1.807) is 26.1 Å². The van der Waals surface area contributed by atoms with Crippen LogP contribution in [0.1, 0.15) is 18.7 Å². The molecular weight excluding hydrogens is 444 g/mol. The minimum absolute atomic E-state index is 0.142. The summed E-state index contributed by atoms with van der Waals surface area (Å²) in [5, 5.41) is 8.27. The summed E-state index contributed by atoms with van der Waals surface area (Å²) in [6.07, 6.45) is 2.85. The number of hydrazone groups is 1. The van der Waals surface area contributed by atoms with E-state index in [1.807, 2.05) is 30.3 Å². The average Bonchev–Trinajstić information content (AvgIpc) is 3.09. The summed E-state index contributed by atoms with van der Waals surface area (Å²) in [6.45, 7) is 4.40. The molecular formula is C19H21ClN6O2S2. The Morgan fingerprint density at radius 2 is 1.90 bits per heavy atom. The van der Waals surface area contributed by atoms with E-state index in [1.165, 1.54) is 27.9 Å². The lowest BCUT2D eigenvalue weighted by molar-refractivity contribution is 0.445. The summed E-state index contributed by atoms with van der Waals surface area (Å²) < 4.78 is 26.3. The van der Waals surface area contributed by atoms with Crippen molar-refractivity contribution in [1.29, 1.82) is 0 Å². The van der Waals surface area contributed by atoms with Gasteiger partial charge in [0, 0.05) is 25.0 Å². The fraction of sp³-hybridized carbons (Fsp3) is 0.211. The van der Waals surface area contributed by atoms with Gasteiger partial charge < -0.3 is 5.32 Å². The van der Waals surface area contributed by atoms with Crippen LogP contribution in [0.2, 0.25) is 5.15 Å². The lowest BCUT2D eigenvalue weighted by atomic mass is 10.3. The lowest BCUT2D eigenvalue weighted by Gasteiger charge is -2.18. The second kappa shape index (κ2) is 9.98. The maximum Gasteiger partial charge on any atom is 0.244 e. The minimum Gasteiger partial charge on any atom is -0.331 e. The van der Waals surface area contributed by atoms with Crippen LogP contribution in [0.25, 0.3) is 0 Å². The number of nitrogens with one attached hydrogen (secondary N) is 2. The SMILES string of the molecule is CCN(CC)S(=O)(=O)c1ccc(N/N=C/c2sc(Nc3ccccc3)nc2Cl)nc1. The zero-order valence-electron chi connectivity index (χ0n) is 16.4. The van der Waals surface area contributed by atoms with Crippen LogP contribution < -0.4 is 10.7 Å². The fourth-order valence-corrected chi connectivity index (χ4v) is 5.01. The van der Waals surface area contributed by atoms with Gasteiger partial charge in [-0.3, -0.25) is 5.43 Å². The van der Waals surface area contributed by atoms with Gasteiger partial charge in [0.05, 0.1) is 11.1 Å². The van der Waals surface area contributed by atoms with Gasteiger partial charge in [-0.2, -0.15) is 9.41 Å². The molecule has 0 bridgehead atoms. The molecule has 0 saturated heterocycles. The number of aromatic nitrogens is 2. The van der Waals surface area contributed by atoms with Crippen molar-refractivity contribution in [2.45, 2.75) is 18.7 Å². The molecule has 2 heterocycles. The van der Waals surface area contributed by atoms with E-state index >= 15 is 0 Å². The number of sulfonamides is 1. The number of para-hydroxylation sites is 1. The second-order valence-corrected chi connectivity index (χ2v) is 9.33. The van der Waals surface area contributed by atoms with Crippen LogP contribution in [-0.4, -0.2) is 42.0 Å². The van der Waals surface area contributed by atoms with Gasteiger partial charge in [0.25, 0.3) is 0 Å². The molecule has 158 valence electrons. The second-order valence-electron chi connectivity index (χ2n) is 6.00. The molecule has 0 radical (unpaired) electrons. The maximum absolute atomic E-state index is 12.5. The van der Waals surface area contributed by atoms with Crippen molar-refractivity contribution >= 4 is 55.8 Å². The molecule has 0 aliphatic carbocycles. The summed E-state index contributed by atoms with van der Waals surface area (Å²) in [7, 11) is -3.54. The highest BCUT2D eigenvalue weighted by atomic mass is 35.5. The van der Waals surface area contributed by atoms with Crippen molar-refractivity contribution in [2.75, 3.05) is 23.8 Å². The van der Waals surface area contributed by atoms with Gasteiger partial charge in [-0.1, -0.05) is 55.0 Å². The molecule has 2 N–H and O–H groups in total. The van der Waals surface area contributed by atoms with E-state index < -0.39 is 10.0 Å². The molecule has 1 aromatic carbocycles. The van der Waals surface area contributed by atoms with Gasteiger partial charge >= 0.3 is 0 Å². The summed E-state index contributed by atoms with van der Waals surface area (Å²) in [4.78, 5) is 9.20. The minimum atomic E-state index is -3.54. The normalized spacial score (nSPS) is 11.9. The first kappa shape index (κ1) is 22.2. The quantitative estimate of drug-likeness (QED) is 0.359. The topological polar surface area (TPSA) is 99.6 Å². The zero-order valence-corrected chi connectivity index (χ0v) is 18.8. The van der Waals surface area contributed by atoms with Crippen molar-refractivity contribution in [1.82, 2.24) is 14.3 Å². The zero-order chi connectivity index (χ0) is 21.6. The Morgan fingerprint density at radius 1 is 1.17 bits per heavy atom. The van der Waals surface area contributed by atoms with Crippen LogP contribution in [0.3, 0.4) is 0 Å². The molecule has 30 heavy (non-hydrogen) atoms. The van der Waals surface area contributed by atoms with Crippen LogP contribution >= 0.6 is 22.9 Å². The van der Waals surface area contributed by atoms with E-state index in [9.17, 15) is 8.42 Å². The van der Waals surface area contributed by atoms with E-state index in [-0.39, 0.29) is 4.90 Å². The first-order valence-electron chi connectivity index (χ1n) is 9.17. The Bertz CT molecular complexity index is 1100. The fourth-order valence-electron chi connectivity index (χ4n) is 2.56. The summed E-state index contributed by atoms with van der Waals surface area (Å²) in [5.41, 5.74) is 3.68. The third-order valence-corrected chi connectivity index (χ3v) is 7.41. The number of hydrogen-bond acceptors (Lipinski definition) is 8.